The number of nitrogens with zero attached hydrogens (tertiary/aromatic N) is 1. The second-order valence-electron chi connectivity index (χ2n) is 5.63. The van der Waals surface area contributed by atoms with Crippen LogP contribution in [0.2, 0.25) is 0 Å². The van der Waals surface area contributed by atoms with Gasteiger partial charge in [0.05, 0.1) is 18.7 Å². The van der Waals surface area contributed by atoms with Crippen LogP contribution in [0.3, 0.4) is 0 Å². The molecule has 1 amide bonds. The van der Waals surface area contributed by atoms with Gasteiger partial charge in [0.25, 0.3) is 5.91 Å². The number of benzene rings is 1. The summed E-state index contributed by atoms with van der Waals surface area (Å²) in [7, 11) is -2.17. The van der Waals surface area contributed by atoms with Crippen LogP contribution in [0.5, 0.6) is 5.75 Å². The minimum atomic E-state index is -3.78. The van der Waals surface area contributed by atoms with Gasteiger partial charge in [0.1, 0.15) is 9.96 Å². The molecule has 3 rings (SSSR count). The van der Waals surface area contributed by atoms with Crippen LogP contribution in [0.1, 0.15) is 34.8 Å². The average molecular weight is 366 g/mol. The summed E-state index contributed by atoms with van der Waals surface area (Å²) in [6.45, 7) is 0.649. The molecule has 2 heterocycles. The van der Waals surface area contributed by atoms with E-state index in [1.54, 1.807) is 17.4 Å². The number of methoxy groups -OCH3 is 1. The second-order valence-corrected chi connectivity index (χ2v) is 8.33. The molecule has 0 radical (unpaired) electrons. The Bertz CT molecular complexity index is 843. The molecule has 2 aromatic rings. The van der Waals surface area contributed by atoms with Crippen molar-refractivity contribution in [1.82, 2.24) is 4.90 Å². The standard InChI is InChI=1S/C16H18N2O4S2/c1-22-13-6-4-11(5-7-13)14-3-2-8-18(14)16(19)12-9-15(23-10-12)24(17,20)21/h4-7,9-10,14H,2-3,8H2,1H3,(H2,17,20,21). The Kier molecular flexibility index (Phi) is 4.62. The molecular formula is C16H18N2O4S2. The fraction of sp³-hybridized carbons (Fsp3) is 0.312. The van der Waals surface area contributed by atoms with E-state index in [0.29, 0.717) is 12.1 Å². The number of amides is 1. The molecule has 1 fully saturated rings. The van der Waals surface area contributed by atoms with Crippen molar-refractivity contribution in [3.63, 3.8) is 0 Å². The first-order chi connectivity index (χ1) is 11.4. The van der Waals surface area contributed by atoms with Gasteiger partial charge in [0.15, 0.2) is 0 Å². The Balaban J connectivity index is 1.84. The number of sulfonamides is 1. The van der Waals surface area contributed by atoms with Gasteiger partial charge in [-0.15, -0.1) is 11.3 Å². The summed E-state index contributed by atoms with van der Waals surface area (Å²) in [5, 5.41) is 6.66. The zero-order valence-electron chi connectivity index (χ0n) is 13.1. The van der Waals surface area contributed by atoms with E-state index in [4.69, 9.17) is 9.88 Å². The topological polar surface area (TPSA) is 89.7 Å². The predicted octanol–water partition coefficient (Wildman–Crippen LogP) is 2.38. The summed E-state index contributed by atoms with van der Waals surface area (Å²) in [6.07, 6.45) is 1.79. The molecule has 1 aromatic carbocycles. The quantitative estimate of drug-likeness (QED) is 0.899. The summed E-state index contributed by atoms with van der Waals surface area (Å²) in [6, 6.07) is 9.00. The molecule has 24 heavy (non-hydrogen) atoms. The lowest BCUT2D eigenvalue weighted by atomic mass is 10.0. The van der Waals surface area contributed by atoms with Crippen molar-refractivity contribution in [2.45, 2.75) is 23.1 Å². The second kappa shape index (κ2) is 6.54. The van der Waals surface area contributed by atoms with Gasteiger partial charge in [0, 0.05) is 11.9 Å². The highest BCUT2D eigenvalue weighted by Gasteiger charge is 2.31. The molecule has 8 heteroatoms. The third kappa shape index (κ3) is 3.31. The summed E-state index contributed by atoms with van der Waals surface area (Å²) in [5.74, 6) is 0.602. The van der Waals surface area contributed by atoms with Gasteiger partial charge in [-0.2, -0.15) is 0 Å². The molecule has 1 atom stereocenters. The van der Waals surface area contributed by atoms with Gasteiger partial charge in [0.2, 0.25) is 10.0 Å². The molecule has 0 aliphatic carbocycles. The van der Waals surface area contributed by atoms with Gasteiger partial charge in [-0.1, -0.05) is 12.1 Å². The van der Waals surface area contributed by atoms with Crippen molar-refractivity contribution in [2.24, 2.45) is 5.14 Å². The number of rotatable bonds is 4. The van der Waals surface area contributed by atoms with Crippen LogP contribution in [0, 0.1) is 0 Å². The number of ether oxygens (including phenoxy) is 1. The van der Waals surface area contributed by atoms with E-state index in [2.05, 4.69) is 0 Å². The van der Waals surface area contributed by atoms with Crippen LogP contribution >= 0.6 is 11.3 Å². The van der Waals surface area contributed by atoms with Crippen LogP contribution in [-0.2, 0) is 10.0 Å². The highest BCUT2D eigenvalue weighted by molar-refractivity contribution is 7.91. The highest BCUT2D eigenvalue weighted by Crippen LogP contribution is 2.34. The predicted molar refractivity (Wildman–Crippen MR) is 91.7 cm³/mol. The van der Waals surface area contributed by atoms with Crippen molar-refractivity contribution in [3.05, 3.63) is 46.8 Å². The molecule has 2 N–H and O–H groups in total. The number of thiophene rings is 1. The molecule has 1 unspecified atom stereocenters. The fourth-order valence-electron chi connectivity index (χ4n) is 2.93. The minimum Gasteiger partial charge on any atom is -0.497 e. The van der Waals surface area contributed by atoms with Crippen molar-refractivity contribution < 1.29 is 17.9 Å². The summed E-state index contributed by atoms with van der Waals surface area (Å²) in [4.78, 5) is 14.6. The molecule has 0 bridgehead atoms. The SMILES string of the molecule is COc1ccc(C2CCCN2C(=O)c2csc(S(N)(=O)=O)c2)cc1. The monoisotopic (exact) mass is 366 g/mol. The maximum absolute atomic E-state index is 12.8. The molecule has 128 valence electrons. The van der Waals surface area contributed by atoms with Gasteiger partial charge in [-0.25, -0.2) is 13.6 Å². The Morgan fingerprint density at radius 3 is 2.62 bits per heavy atom. The van der Waals surface area contributed by atoms with Crippen molar-refractivity contribution in [3.8, 4) is 5.75 Å². The smallest absolute Gasteiger partial charge is 0.255 e. The normalized spacial score (nSPS) is 17.9. The van der Waals surface area contributed by atoms with Crippen molar-refractivity contribution in [1.29, 1.82) is 0 Å². The van der Waals surface area contributed by atoms with E-state index in [0.717, 1.165) is 35.5 Å². The molecule has 1 saturated heterocycles. The van der Waals surface area contributed by atoms with Crippen LogP contribution in [0.4, 0.5) is 0 Å². The fourth-order valence-corrected chi connectivity index (χ4v) is 4.51. The Morgan fingerprint density at radius 1 is 1.33 bits per heavy atom. The lowest BCUT2D eigenvalue weighted by Crippen LogP contribution is -2.30. The molecule has 0 saturated carbocycles. The van der Waals surface area contributed by atoms with Crippen LogP contribution in [0.25, 0.3) is 0 Å². The van der Waals surface area contributed by atoms with E-state index in [-0.39, 0.29) is 16.2 Å². The first kappa shape index (κ1) is 16.9. The Labute approximate surface area is 144 Å². The highest BCUT2D eigenvalue weighted by atomic mass is 32.2. The van der Waals surface area contributed by atoms with Crippen LogP contribution in [-0.4, -0.2) is 32.9 Å². The number of carbonyl (C=O) groups excluding carboxylic acids is 1. The van der Waals surface area contributed by atoms with Gasteiger partial charge in [-0.3, -0.25) is 4.79 Å². The summed E-state index contributed by atoms with van der Waals surface area (Å²) < 4.78 is 27.9. The molecule has 1 aliphatic heterocycles. The van der Waals surface area contributed by atoms with E-state index in [1.165, 1.54) is 6.07 Å². The Hall–Kier alpha value is -1.90. The lowest BCUT2D eigenvalue weighted by molar-refractivity contribution is 0.0736. The molecule has 1 aliphatic rings. The molecule has 1 aromatic heterocycles. The summed E-state index contributed by atoms with van der Waals surface area (Å²) in [5.41, 5.74) is 1.41. The van der Waals surface area contributed by atoms with Crippen molar-refractivity contribution >= 4 is 27.3 Å². The van der Waals surface area contributed by atoms with E-state index in [9.17, 15) is 13.2 Å². The van der Waals surface area contributed by atoms with Crippen LogP contribution < -0.4 is 9.88 Å². The first-order valence-electron chi connectivity index (χ1n) is 7.46. The van der Waals surface area contributed by atoms with E-state index >= 15 is 0 Å². The summed E-state index contributed by atoms with van der Waals surface area (Å²) >= 11 is 0.969. The number of primary sulfonamides is 1. The lowest BCUT2D eigenvalue weighted by Gasteiger charge is -2.25. The number of carbonyl (C=O) groups is 1. The zero-order chi connectivity index (χ0) is 17.3. The molecule has 0 spiro atoms. The van der Waals surface area contributed by atoms with Gasteiger partial charge in [-0.05, 0) is 36.6 Å². The number of nitrogens with two attached hydrogens (primary N) is 1. The van der Waals surface area contributed by atoms with Crippen LogP contribution in [0.15, 0.2) is 39.9 Å². The number of hydrogen-bond donors (Lipinski definition) is 1. The largest absolute Gasteiger partial charge is 0.497 e. The first-order valence-corrected chi connectivity index (χ1v) is 9.89. The number of likely N-dealkylation sites (tertiary alicyclic amines) is 1. The van der Waals surface area contributed by atoms with Crippen molar-refractivity contribution in [2.75, 3.05) is 13.7 Å². The molecule has 6 nitrogen and oxygen atoms in total. The minimum absolute atomic E-state index is 0.00560. The Morgan fingerprint density at radius 2 is 2.04 bits per heavy atom. The van der Waals surface area contributed by atoms with E-state index < -0.39 is 10.0 Å². The zero-order valence-corrected chi connectivity index (χ0v) is 14.8. The number of hydrogen-bond acceptors (Lipinski definition) is 5. The molecular weight excluding hydrogens is 348 g/mol. The van der Waals surface area contributed by atoms with Gasteiger partial charge < -0.3 is 9.64 Å². The maximum Gasteiger partial charge on any atom is 0.255 e. The maximum atomic E-state index is 12.8. The third-order valence-electron chi connectivity index (χ3n) is 4.12. The average Bonchev–Trinajstić information content (AvgIpc) is 3.23. The third-order valence-corrected chi connectivity index (χ3v) is 6.50. The van der Waals surface area contributed by atoms with E-state index in [1.807, 2.05) is 24.3 Å². The van der Waals surface area contributed by atoms with Gasteiger partial charge >= 0.3 is 0 Å².